The molecule has 2 aromatic heterocycles. The number of carbonyl (C=O) groups excluding carboxylic acids is 3. The third-order valence-corrected chi connectivity index (χ3v) is 14.0. The lowest BCUT2D eigenvalue weighted by Gasteiger charge is -2.37. The maximum Gasteiger partial charge on any atom is 0.301 e. The van der Waals surface area contributed by atoms with Crippen molar-refractivity contribution in [3.63, 3.8) is 0 Å². The topological polar surface area (TPSA) is 224 Å². The standard InChI is InChI=1S/C46H49F2N11O8S/c1-4-55(2)68(64,65)54-37-9-7-34(47)44(33(37)24-49)67-31-6-8-36-32(23-31)46(63)59(27-51-36)30-5-11-40(50-25-30)57-17-19-58(20-18-57)42(61)26-56-15-13-28(14-16-56)43-35(48)21-29(22-39(43)66-3)52-38-10-12-41(60)53-45(38)62/h5-9,11,21-23,25,27-28,38,52,54H,4,10,12-20,26H2,1-3H3,(H,53,60,62). The van der Waals surface area contributed by atoms with Crippen molar-refractivity contribution in [3.8, 4) is 29.0 Å². The second kappa shape index (κ2) is 19.9. The van der Waals surface area contributed by atoms with Crippen LogP contribution in [0.2, 0.25) is 0 Å². The van der Waals surface area contributed by atoms with Gasteiger partial charge in [-0.2, -0.15) is 18.0 Å². The molecule has 0 spiro atoms. The second-order valence-corrected chi connectivity index (χ2v) is 18.4. The fourth-order valence-electron chi connectivity index (χ4n) is 8.54. The minimum atomic E-state index is -4.04. The van der Waals surface area contributed by atoms with Crippen LogP contribution in [0.4, 0.5) is 26.0 Å². The van der Waals surface area contributed by atoms with Crippen LogP contribution in [-0.2, 0) is 24.6 Å². The van der Waals surface area contributed by atoms with Gasteiger partial charge in [-0.05, 0) is 86.8 Å². The molecule has 68 heavy (non-hydrogen) atoms. The van der Waals surface area contributed by atoms with Crippen LogP contribution in [0.5, 0.6) is 17.2 Å². The molecule has 0 bridgehead atoms. The van der Waals surface area contributed by atoms with E-state index in [-0.39, 0.29) is 59.6 Å². The van der Waals surface area contributed by atoms with Crippen molar-refractivity contribution in [1.82, 2.24) is 34.0 Å². The molecule has 3 amide bonds. The highest BCUT2D eigenvalue weighted by Gasteiger charge is 2.31. The summed E-state index contributed by atoms with van der Waals surface area (Å²) in [6, 6.07) is 14.1. The lowest BCUT2D eigenvalue weighted by Crippen LogP contribution is -2.52. The van der Waals surface area contributed by atoms with Crippen LogP contribution in [0, 0.1) is 23.0 Å². The number of hydrogen-bond donors (Lipinski definition) is 3. The van der Waals surface area contributed by atoms with E-state index in [9.17, 15) is 32.9 Å². The first-order valence-electron chi connectivity index (χ1n) is 22.0. The van der Waals surface area contributed by atoms with Gasteiger partial charge in [-0.15, -0.1) is 0 Å². The van der Waals surface area contributed by atoms with Crippen molar-refractivity contribution >= 4 is 56.0 Å². The smallest absolute Gasteiger partial charge is 0.301 e. The number of imide groups is 1. The van der Waals surface area contributed by atoms with Gasteiger partial charge in [0, 0.05) is 63.5 Å². The van der Waals surface area contributed by atoms with Crippen LogP contribution in [0.15, 0.2) is 71.9 Å². The first-order chi connectivity index (χ1) is 32.7. The molecule has 0 aliphatic carbocycles. The Kier molecular flexibility index (Phi) is 13.9. The third kappa shape index (κ3) is 10.0. The summed E-state index contributed by atoms with van der Waals surface area (Å²) in [4.78, 5) is 66.0. The van der Waals surface area contributed by atoms with Crippen LogP contribution in [0.25, 0.3) is 16.6 Å². The highest BCUT2D eigenvalue weighted by molar-refractivity contribution is 7.90. The average molecular weight is 954 g/mol. The summed E-state index contributed by atoms with van der Waals surface area (Å²) in [6.07, 6.45) is 4.66. The molecule has 5 aromatic rings. The fourth-order valence-corrected chi connectivity index (χ4v) is 9.49. The molecule has 3 N–H and O–H groups in total. The number of rotatable bonds is 14. The van der Waals surface area contributed by atoms with Crippen LogP contribution >= 0.6 is 0 Å². The highest BCUT2D eigenvalue weighted by atomic mass is 32.2. The van der Waals surface area contributed by atoms with Crippen LogP contribution < -0.4 is 35.3 Å². The number of carbonyl (C=O) groups is 3. The number of amides is 3. The molecule has 3 aromatic carbocycles. The van der Waals surface area contributed by atoms with Crippen molar-refractivity contribution in [1.29, 1.82) is 5.26 Å². The monoisotopic (exact) mass is 953 g/mol. The molecule has 19 nitrogen and oxygen atoms in total. The van der Waals surface area contributed by atoms with E-state index in [0.29, 0.717) is 92.6 Å². The minimum Gasteiger partial charge on any atom is -0.496 e. The van der Waals surface area contributed by atoms with E-state index in [0.717, 1.165) is 16.4 Å². The number of ether oxygens (including phenoxy) is 2. The Morgan fingerprint density at radius 1 is 0.971 bits per heavy atom. The molecule has 8 rings (SSSR count). The van der Waals surface area contributed by atoms with Crippen molar-refractivity contribution in [2.45, 2.75) is 44.6 Å². The molecule has 3 aliphatic rings. The van der Waals surface area contributed by atoms with Crippen molar-refractivity contribution < 1.29 is 41.1 Å². The summed E-state index contributed by atoms with van der Waals surface area (Å²) >= 11 is 0. The lowest BCUT2D eigenvalue weighted by atomic mass is 9.88. The van der Waals surface area contributed by atoms with Gasteiger partial charge in [0.25, 0.3) is 5.56 Å². The molecule has 3 fully saturated rings. The van der Waals surface area contributed by atoms with Crippen LogP contribution in [0.1, 0.15) is 49.7 Å². The zero-order valence-corrected chi connectivity index (χ0v) is 38.3. The van der Waals surface area contributed by atoms with Gasteiger partial charge in [0.15, 0.2) is 11.6 Å². The van der Waals surface area contributed by atoms with Gasteiger partial charge in [-0.3, -0.25) is 38.7 Å². The van der Waals surface area contributed by atoms with E-state index in [1.807, 2.05) is 15.9 Å². The van der Waals surface area contributed by atoms with Gasteiger partial charge in [-0.25, -0.2) is 18.7 Å². The SMILES string of the molecule is CCN(C)S(=O)(=O)Nc1ccc(F)c(Oc2ccc3ncn(-c4ccc(N5CCN(C(=O)CN6CCC(c7c(F)cc(NC8CCC(=O)NC8=O)cc7OC)CC6)CC5)nc4)c(=O)c3c2)c1C#N. The maximum atomic E-state index is 15.6. The number of nitriles is 1. The molecule has 5 heterocycles. The molecule has 3 aliphatic heterocycles. The molecule has 1 atom stereocenters. The number of methoxy groups -OCH3 is 1. The van der Waals surface area contributed by atoms with E-state index in [1.165, 1.54) is 55.5 Å². The van der Waals surface area contributed by atoms with Gasteiger partial charge in [-0.1, -0.05) is 6.92 Å². The summed E-state index contributed by atoms with van der Waals surface area (Å²) in [5, 5.41) is 15.3. The van der Waals surface area contributed by atoms with E-state index in [2.05, 4.69) is 30.2 Å². The Morgan fingerprint density at radius 2 is 1.74 bits per heavy atom. The van der Waals surface area contributed by atoms with Crippen molar-refractivity contribution in [2.24, 2.45) is 0 Å². The molecule has 0 saturated carbocycles. The Bertz CT molecular complexity index is 2970. The highest BCUT2D eigenvalue weighted by Crippen LogP contribution is 2.39. The van der Waals surface area contributed by atoms with Crippen LogP contribution in [-0.4, -0.2) is 127 Å². The van der Waals surface area contributed by atoms with Gasteiger partial charge < -0.3 is 24.6 Å². The Hall–Kier alpha value is -7.22. The van der Waals surface area contributed by atoms with Crippen LogP contribution in [0.3, 0.4) is 0 Å². The van der Waals surface area contributed by atoms with Gasteiger partial charge in [0.2, 0.25) is 17.7 Å². The summed E-state index contributed by atoms with van der Waals surface area (Å²) in [5.41, 5.74) is 0.556. The van der Waals surface area contributed by atoms with Gasteiger partial charge in [0.1, 0.15) is 47.1 Å². The number of pyridine rings is 1. The fraction of sp³-hybridized carbons (Fsp3) is 0.370. The quantitative estimate of drug-likeness (QED) is 0.134. The molecule has 1 unspecified atom stereocenters. The van der Waals surface area contributed by atoms with Gasteiger partial charge >= 0.3 is 10.2 Å². The molecule has 22 heteroatoms. The summed E-state index contributed by atoms with van der Waals surface area (Å²) < 4.78 is 72.0. The summed E-state index contributed by atoms with van der Waals surface area (Å²) in [5.74, 6) is -1.76. The predicted molar refractivity (Wildman–Crippen MR) is 247 cm³/mol. The number of benzene rings is 3. The number of nitrogens with zero attached hydrogens (tertiary/aromatic N) is 8. The molecule has 3 saturated heterocycles. The number of nitrogens with one attached hydrogen (secondary N) is 3. The second-order valence-electron chi connectivity index (χ2n) is 16.6. The number of anilines is 3. The Labute approximate surface area is 390 Å². The van der Waals surface area contributed by atoms with E-state index in [1.54, 1.807) is 25.1 Å². The summed E-state index contributed by atoms with van der Waals surface area (Å²) in [6.45, 7) is 5.24. The number of likely N-dealkylation sites (tertiary alicyclic amines) is 1. The normalized spacial score (nSPS) is 17.2. The van der Waals surface area contributed by atoms with E-state index in [4.69, 9.17) is 9.47 Å². The zero-order chi connectivity index (χ0) is 48.3. The predicted octanol–water partition coefficient (Wildman–Crippen LogP) is 4.09. The molecular formula is C46H49F2N11O8S. The van der Waals surface area contributed by atoms with Crippen molar-refractivity contribution in [2.75, 3.05) is 81.5 Å². The largest absolute Gasteiger partial charge is 0.496 e. The number of hydrogen-bond acceptors (Lipinski definition) is 14. The number of halogens is 2. The minimum absolute atomic E-state index is 0.00263. The maximum absolute atomic E-state index is 15.6. The first-order valence-corrected chi connectivity index (χ1v) is 23.4. The number of piperidine rings is 2. The number of fused-ring (bicyclic) bond motifs is 1. The summed E-state index contributed by atoms with van der Waals surface area (Å²) in [7, 11) is -1.22. The molecular weight excluding hydrogens is 905 g/mol. The number of piperazine rings is 1. The molecule has 356 valence electrons. The average Bonchev–Trinajstić information content (AvgIpc) is 3.33. The van der Waals surface area contributed by atoms with E-state index < -0.39 is 45.1 Å². The molecule has 0 radical (unpaired) electrons. The Balaban J connectivity index is 0.855. The Morgan fingerprint density at radius 3 is 2.41 bits per heavy atom. The zero-order valence-electron chi connectivity index (χ0n) is 37.5. The van der Waals surface area contributed by atoms with Gasteiger partial charge in [0.05, 0.1) is 42.1 Å². The lowest BCUT2D eigenvalue weighted by molar-refractivity contribution is -0.134. The van der Waals surface area contributed by atoms with E-state index >= 15 is 8.78 Å². The van der Waals surface area contributed by atoms with Crippen molar-refractivity contribution in [3.05, 3.63) is 100 Å². The number of aromatic nitrogens is 3. The first kappa shape index (κ1) is 47.3. The third-order valence-electron chi connectivity index (χ3n) is 12.5.